The van der Waals surface area contributed by atoms with Gasteiger partial charge >= 0.3 is 6.09 Å². The van der Waals surface area contributed by atoms with Gasteiger partial charge in [-0.2, -0.15) is 0 Å². The summed E-state index contributed by atoms with van der Waals surface area (Å²) in [5, 5.41) is 0.609. The molecule has 7 heteroatoms. The largest absolute Gasteiger partial charge is 0.444 e. The van der Waals surface area contributed by atoms with Gasteiger partial charge in [0.05, 0.1) is 17.2 Å². The van der Waals surface area contributed by atoms with Crippen molar-refractivity contribution in [2.24, 2.45) is 0 Å². The molecular weight excluding hydrogens is 398 g/mol. The molecule has 0 bridgehead atoms. The highest BCUT2D eigenvalue weighted by Gasteiger charge is 2.32. The van der Waals surface area contributed by atoms with Crippen molar-refractivity contribution in [2.75, 3.05) is 6.54 Å². The van der Waals surface area contributed by atoms with Gasteiger partial charge in [-0.25, -0.2) is 9.78 Å². The van der Waals surface area contributed by atoms with E-state index in [0.717, 1.165) is 4.47 Å². The molecule has 140 valence electrons. The Labute approximate surface area is 161 Å². The van der Waals surface area contributed by atoms with Crippen LogP contribution in [-0.4, -0.2) is 38.7 Å². The second-order valence-corrected chi connectivity index (χ2v) is 8.74. The molecule has 1 aromatic carbocycles. The SMILES string of the molecule is C[C@H]1C[C@H](n2cnc3cc(Br)ccc3c2=O)CCN1C(=O)OC(C)(C)C. The van der Waals surface area contributed by atoms with Crippen LogP contribution in [0.3, 0.4) is 0 Å². The first kappa shape index (κ1) is 18.9. The quantitative estimate of drug-likeness (QED) is 0.694. The topological polar surface area (TPSA) is 64.4 Å². The number of hydrogen-bond donors (Lipinski definition) is 0. The second kappa shape index (κ2) is 7.02. The lowest BCUT2D eigenvalue weighted by Gasteiger charge is -2.38. The normalized spacial score (nSPS) is 21.0. The van der Waals surface area contributed by atoms with Gasteiger partial charge < -0.3 is 9.64 Å². The molecule has 3 rings (SSSR count). The maximum atomic E-state index is 12.9. The van der Waals surface area contributed by atoms with E-state index in [1.165, 1.54) is 0 Å². The number of fused-ring (bicyclic) bond motifs is 1. The van der Waals surface area contributed by atoms with Crippen LogP contribution < -0.4 is 5.56 Å². The van der Waals surface area contributed by atoms with Crippen LogP contribution in [0.15, 0.2) is 33.8 Å². The molecule has 0 N–H and O–H groups in total. The molecule has 1 fully saturated rings. The van der Waals surface area contributed by atoms with Crippen molar-refractivity contribution in [3.05, 3.63) is 39.4 Å². The average molecular weight is 422 g/mol. The number of nitrogens with zero attached hydrogens (tertiary/aromatic N) is 3. The summed E-state index contributed by atoms with van der Waals surface area (Å²) in [7, 11) is 0. The molecule has 0 saturated carbocycles. The molecule has 0 unspecified atom stereocenters. The Morgan fingerprint density at radius 3 is 2.73 bits per heavy atom. The minimum absolute atomic E-state index is 0.00360. The van der Waals surface area contributed by atoms with Crippen molar-refractivity contribution in [3.8, 4) is 0 Å². The number of hydrogen-bond acceptors (Lipinski definition) is 4. The zero-order valence-corrected chi connectivity index (χ0v) is 17.1. The minimum Gasteiger partial charge on any atom is -0.444 e. The van der Waals surface area contributed by atoms with Crippen molar-refractivity contribution in [2.45, 2.75) is 58.2 Å². The van der Waals surface area contributed by atoms with E-state index < -0.39 is 5.60 Å². The number of carbonyl (C=O) groups excluding carboxylic acids is 1. The predicted molar refractivity (Wildman–Crippen MR) is 104 cm³/mol. The first-order chi connectivity index (χ1) is 12.2. The van der Waals surface area contributed by atoms with Gasteiger partial charge in [0.1, 0.15) is 5.60 Å². The Bertz CT molecular complexity index is 888. The van der Waals surface area contributed by atoms with Gasteiger partial charge in [-0.05, 0) is 58.7 Å². The molecule has 1 saturated heterocycles. The lowest BCUT2D eigenvalue weighted by molar-refractivity contribution is 0.00770. The smallest absolute Gasteiger partial charge is 0.410 e. The highest BCUT2D eigenvalue weighted by atomic mass is 79.9. The van der Waals surface area contributed by atoms with Gasteiger partial charge in [-0.15, -0.1) is 0 Å². The Balaban J connectivity index is 1.80. The molecule has 2 atom stereocenters. The summed E-state index contributed by atoms with van der Waals surface area (Å²) in [6.45, 7) is 8.14. The third kappa shape index (κ3) is 3.92. The zero-order chi connectivity index (χ0) is 19.1. The number of halogens is 1. The number of rotatable bonds is 1. The summed E-state index contributed by atoms with van der Waals surface area (Å²) in [6, 6.07) is 5.51. The Morgan fingerprint density at radius 2 is 2.08 bits per heavy atom. The number of aromatic nitrogens is 2. The number of likely N-dealkylation sites (tertiary alicyclic amines) is 1. The first-order valence-electron chi connectivity index (χ1n) is 8.82. The second-order valence-electron chi connectivity index (χ2n) is 7.82. The lowest BCUT2D eigenvalue weighted by atomic mass is 9.98. The fourth-order valence-electron chi connectivity index (χ4n) is 3.36. The monoisotopic (exact) mass is 421 g/mol. The molecule has 1 aliphatic rings. The summed E-state index contributed by atoms with van der Waals surface area (Å²) in [5.74, 6) is 0. The van der Waals surface area contributed by atoms with E-state index in [0.29, 0.717) is 30.3 Å². The Morgan fingerprint density at radius 1 is 1.35 bits per heavy atom. The van der Waals surface area contributed by atoms with Crippen molar-refractivity contribution in [1.29, 1.82) is 0 Å². The fraction of sp³-hybridized carbons (Fsp3) is 0.526. The highest BCUT2D eigenvalue weighted by Crippen LogP contribution is 2.28. The molecule has 2 heterocycles. The van der Waals surface area contributed by atoms with Crippen molar-refractivity contribution >= 4 is 32.9 Å². The minimum atomic E-state index is -0.513. The standard InChI is InChI=1S/C19H24BrN3O3/c1-12-9-14(7-8-22(12)18(25)26-19(2,3)4)23-11-21-16-10-13(20)5-6-15(16)17(23)24/h5-6,10-12,14H,7-9H2,1-4H3/t12-,14+/m0/s1. The molecule has 0 radical (unpaired) electrons. The van der Waals surface area contributed by atoms with Crippen molar-refractivity contribution in [1.82, 2.24) is 14.5 Å². The van der Waals surface area contributed by atoms with E-state index in [4.69, 9.17) is 4.74 Å². The van der Waals surface area contributed by atoms with E-state index in [2.05, 4.69) is 20.9 Å². The maximum Gasteiger partial charge on any atom is 0.410 e. The Kier molecular flexibility index (Phi) is 5.10. The highest BCUT2D eigenvalue weighted by molar-refractivity contribution is 9.10. The van der Waals surface area contributed by atoms with Gasteiger partial charge in [-0.3, -0.25) is 9.36 Å². The zero-order valence-electron chi connectivity index (χ0n) is 15.5. The lowest BCUT2D eigenvalue weighted by Crippen LogP contribution is -2.48. The fourth-order valence-corrected chi connectivity index (χ4v) is 3.71. The van der Waals surface area contributed by atoms with Gasteiger partial charge in [-0.1, -0.05) is 15.9 Å². The van der Waals surface area contributed by atoms with Crippen LogP contribution >= 0.6 is 15.9 Å². The van der Waals surface area contributed by atoms with Crippen LogP contribution in [-0.2, 0) is 4.74 Å². The van der Waals surface area contributed by atoms with Crippen LogP contribution in [0, 0.1) is 0 Å². The van der Waals surface area contributed by atoms with Gasteiger partial charge in [0, 0.05) is 23.1 Å². The number of carbonyl (C=O) groups is 1. The number of amides is 1. The van der Waals surface area contributed by atoms with Crippen LogP contribution in [0.1, 0.15) is 46.6 Å². The number of benzene rings is 1. The van der Waals surface area contributed by atoms with Crippen molar-refractivity contribution in [3.63, 3.8) is 0 Å². The molecule has 26 heavy (non-hydrogen) atoms. The summed E-state index contributed by atoms with van der Waals surface area (Å²) in [6.07, 6.45) is 2.73. The summed E-state index contributed by atoms with van der Waals surface area (Å²) >= 11 is 3.40. The molecule has 0 spiro atoms. The molecule has 6 nitrogen and oxygen atoms in total. The van der Waals surface area contributed by atoms with Crippen molar-refractivity contribution < 1.29 is 9.53 Å². The predicted octanol–water partition coefficient (Wildman–Crippen LogP) is 4.12. The number of ether oxygens (including phenoxy) is 1. The van der Waals surface area contributed by atoms with Crippen LogP contribution in [0.25, 0.3) is 10.9 Å². The average Bonchev–Trinajstić information content (AvgIpc) is 2.53. The van der Waals surface area contributed by atoms with Crippen LogP contribution in [0.4, 0.5) is 4.79 Å². The first-order valence-corrected chi connectivity index (χ1v) is 9.61. The van der Waals surface area contributed by atoms with Crippen LogP contribution in [0.2, 0.25) is 0 Å². The summed E-state index contributed by atoms with van der Waals surface area (Å²) in [4.78, 5) is 31.4. The van der Waals surface area contributed by atoms with E-state index in [1.54, 1.807) is 21.9 Å². The van der Waals surface area contributed by atoms with Gasteiger partial charge in [0.25, 0.3) is 5.56 Å². The summed E-state index contributed by atoms with van der Waals surface area (Å²) < 4.78 is 8.09. The van der Waals surface area contributed by atoms with Gasteiger partial charge in [0.2, 0.25) is 0 Å². The summed E-state index contributed by atoms with van der Waals surface area (Å²) in [5.41, 5.74) is 0.131. The van der Waals surface area contributed by atoms with E-state index in [9.17, 15) is 9.59 Å². The van der Waals surface area contributed by atoms with E-state index in [1.807, 2.05) is 39.8 Å². The molecule has 1 aliphatic heterocycles. The third-order valence-electron chi connectivity index (χ3n) is 4.62. The molecule has 1 aromatic heterocycles. The van der Waals surface area contributed by atoms with Crippen LogP contribution in [0.5, 0.6) is 0 Å². The molecule has 2 aromatic rings. The van der Waals surface area contributed by atoms with E-state index >= 15 is 0 Å². The maximum absolute atomic E-state index is 12.9. The molecule has 0 aliphatic carbocycles. The number of piperidine rings is 1. The molecule has 1 amide bonds. The van der Waals surface area contributed by atoms with Gasteiger partial charge in [0.15, 0.2) is 0 Å². The Hall–Kier alpha value is -1.89. The third-order valence-corrected chi connectivity index (χ3v) is 5.11. The van der Waals surface area contributed by atoms with E-state index in [-0.39, 0.29) is 23.7 Å². The molecular formula is C19H24BrN3O3.